The van der Waals surface area contributed by atoms with Crippen LogP contribution in [-0.2, 0) is 0 Å². The average molecular weight is 273 g/mol. The Morgan fingerprint density at radius 2 is 2.00 bits per heavy atom. The molecular formula is C15H19N3S. The van der Waals surface area contributed by atoms with Crippen molar-refractivity contribution in [3.8, 4) is 0 Å². The molecule has 19 heavy (non-hydrogen) atoms. The van der Waals surface area contributed by atoms with Gasteiger partial charge in [0.05, 0.1) is 5.52 Å². The zero-order valence-corrected chi connectivity index (χ0v) is 12.0. The standard InChI is InChI=1S/C15H19N3S/c1-2-16-15-17-13-10-6-5-9-12(13)14(18-15)19-11-7-3-4-8-11/h5-6,9-11H,2-4,7-8H2,1H3,(H,16,17,18). The minimum Gasteiger partial charge on any atom is -0.354 e. The summed E-state index contributed by atoms with van der Waals surface area (Å²) in [6.07, 6.45) is 5.36. The molecule has 4 heteroatoms. The van der Waals surface area contributed by atoms with E-state index in [0.717, 1.165) is 28.3 Å². The second kappa shape index (κ2) is 5.78. The second-order valence-electron chi connectivity index (χ2n) is 4.92. The molecule has 1 heterocycles. The Labute approximate surface area is 118 Å². The molecule has 1 aromatic carbocycles. The van der Waals surface area contributed by atoms with Gasteiger partial charge in [0, 0.05) is 17.2 Å². The van der Waals surface area contributed by atoms with Gasteiger partial charge in [0.2, 0.25) is 5.95 Å². The minimum absolute atomic E-state index is 0.729. The molecule has 0 amide bonds. The Bertz CT molecular complexity index is 564. The van der Waals surface area contributed by atoms with Gasteiger partial charge >= 0.3 is 0 Å². The first kappa shape index (κ1) is 12.7. The van der Waals surface area contributed by atoms with Crippen molar-refractivity contribution in [2.75, 3.05) is 11.9 Å². The van der Waals surface area contributed by atoms with E-state index < -0.39 is 0 Å². The molecule has 0 saturated heterocycles. The molecule has 0 spiro atoms. The SMILES string of the molecule is CCNc1nc(SC2CCCC2)c2ccccc2n1. The number of aromatic nitrogens is 2. The summed E-state index contributed by atoms with van der Waals surface area (Å²) >= 11 is 1.93. The van der Waals surface area contributed by atoms with Crippen LogP contribution >= 0.6 is 11.8 Å². The number of hydrogen-bond acceptors (Lipinski definition) is 4. The van der Waals surface area contributed by atoms with E-state index in [-0.39, 0.29) is 0 Å². The fraction of sp³-hybridized carbons (Fsp3) is 0.467. The molecule has 1 fully saturated rings. The molecule has 3 nitrogen and oxygen atoms in total. The largest absolute Gasteiger partial charge is 0.354 e. The van der Waals surface area contributed by atoms with Crippen LogP contribution in [0.4, 0.5) is 5.95 Å². The van der Waals surface area contributed by atoms with Crippen LogP contribution in [0, 0.1) is 0 Å². The van der Waals surface area contributed by atoms with Gasteiger partial charge in [-0.25, -0.2) is 9.97 Å². The van der Waals surface area contributed by atoms with Gasteiger partial charge < -0.3 is 5.32 Å². The number of fused-ring (bicyclic) bond motifs is 1. The number of hydrogen-bond donors (Lipinski definition) is 1. The maximum Gasteiger partial charge on any atom is 0.224 e. The average Bonchev–Trinajstić information content (AvgIpc) is 2.92. The third kappa shape index (κ3) is 2.84. The van der Waals surface area contributed by atoms with Crippen molar-refractivity contribution in [1.82, 2.24) is 9.97 Å². The second-order valence-corrected chi connectivity index (χ2v) is 6.21. The molecule has 0 atom stereocenters. The first-order valence-corrected chi connectivity index (χ1v) is 7.92. The highest BCUT2D eigenvalue weighted by Crippen LogP contribution is 2.36. The van der Waals surface area contributed by atoms with E-state index in [9.17, 15) is 0 Å². The number of benzene rings is 1. The fourth-order valence-electron chi connectivity index (χ4n) is 2.54. The highest BCUT2D eigenvalue weighted by molar-refractivity contribution is 8.00. The smallest absolute Gasteiger partial charge is 0.224 e. The summed E-state index contributed by atoms with van der Waals surface area (Å²) in [6.45, 7) is 2.92. The van der Waals surface area contributed by atoms with E-state index in [1.54, 1.807) is 0 Å². The summed E-state index contributed by atoms with van der Waals surface area (Å²) in [5.41, 5.74) is 1.04. The van der Waals surface area contributed by atoms with Crippen molar-refractivity contribution < 1.29 is 0 Å². The van der Waals surface area contributed by atoms with E-state index >= 15 is 0 Å². The third-order valence-corrected chi connectivity index (χ3v) is 4.82. The lowest BCUT2D eigenvalue weighted by Crippen LogP contribution is -2.04. The third-order valence-electron chi connectivity index (χ3n) is 3.48. The van der Waals surface area contributed by atoms with Crippen molar-refractivity contribution in [2.24, 2.45) is 0 Å². The lowest BCUT2D eigenvalue weighted by Gasteiger charge is -2.12. The molecule has 3 rings (SSSR count). The highest BCUT2D eigenvalue weighted by Gasteiger charge is 2.18. The first-order valence-electron chi connectivity index (χ1n) is 7.04. The van der Waals surface area contributed by atoms with Crippen LogP contribution in [0.5, 0.6) is 0 Å². The quantitative estimate of drug-likeness (QED) is 0.851. The van der Waals surface area contributed by atoms with Crippen LogP contribution < -0.4 is 5.32 Å². The van der Waals surface area contributed by atoms with Gasteiger partial charge in [-0.05, 0) is 25.8 Å². The molecule has 100 valence electrons. The zero-order valence-electron chi connectivity index (χ0n) is 11.2. The lowest BCUT2D eigenvalue weighted by molar-refractivity contribution is 0.886. The first-order chi connectivity index (χ1) is 9.36. The van der Waals surface area contributed by atoms with Crippen LogP contribution in [-0.4, -0.2) is 21.8 Å². The van der Waals surface area contributed by atoms with Gasteiger partial charge in [-0.3, -0.25) is 0 Å². The van der Waals surface area contributed by atoms with E-state index in [0.29, 0.717) is 0 Å². The van der Waals surface area contributed by atoms with Crippen molar-refractivity contribution in [3.63, 3.8) is 0 Å². The van der Waals surface area contributed by atoms with E-state index in [1.165, 1.54) is 31.1 Å². The molecular weight excluding hydrogens is 254 g/mol. The fourth-order valence-corrected chi connectivity index (χ4v) is 3.86. The highest BCUT2D eigenvalue weighted by atomic mass is 32.2. The maximum atomic E-state index is 4.69. The molecule has 0 radical (unpaired) electrons. The molecule has 0 bridgehead atoms. The van der Waals surface area contributed by atoms with Gasteiger partial charge in [-0.2, -0.15) is 0 Å². The van der Waals surface area contributed by atoms with Gasteiger partial charge in [-0.15, -0.1) is 11.8 Å². The number of thioether (sulfide) groups is 1. The monoisotopic (exact) mass is 273 g/mol. The molecule has 1 aliphatic carbocycles. The maximum absolute atomic E-state index is 4.69. The van der Waals surface area contributed by atoms with Crippen LogP contribution in [0.1, 0.15) is 32.6 Å². The summed E-state index contributed by atoms with van der Waals surface area (Å²) < 4.78 is 0. The van der Waals surface area contributed by atoms with Crippen molar-refractivity contribution in [1.29, 1.82) is 0 Å². The number of para-hydroxylation sites is 1. The number of rotatable bonds is 4. The van der Waals surface area contributed by atoms with Crippen LogP contribution in [0.15, 0.2) is 29.3 Å². The molecule has 0 unspecified atom stereocenters. The molecule has 1 aliphatic rings. The molecule has 1 N–H and O–H groups in total. The Morgan fingerprint density at radius 1 is 1.21 bits per heavy atom. The summed E-state index contributed by atoms with van der Waals surface area (Å²) in [7, 11) is 0. The van der Waals surface area contributed by atoms with Gasteiger partial charge in [0.15, 0.2) is 0 Å². The number of nitrogens with zero attached hydrogens (tertiary/aromatic N) is 2. The summed E-state index contributed by atoms with van der Waals surface area (Å²) in [5.74, 6) is 0.752. The van der Waals surface area contributed by atoms with Gasteiger partial charge in [0.25, 0.3) is 0 Å². The van der Waals surface area contributed by atoms with Crippen LogP contribution in [0.3, 0.4) is 0 Å². The number of anilines is 1. The van der Waals surface area contributed by atoms with E-state index in [2.05, 4.69) is 35.4 Å². The van der Waals surface area contributed by atoms with Crippen LogP contribution in [0.2, 0.25) is 0 Å². The summed E-state index contributed by atoms with van der Waals surface area (Å²) in [6, 6.07) is 8.30. The van der Waals surface area contributed by atoms with Crippen molar-refractivity contribution in [2.45, 2.75) is 42.9 Å². The Morgan fingerprint density at radius 3 is 2.79 bits per heavy atom. The predicted molar refractivity (Wildman–Crippen MR) is 81.8 cm³/mol. The van der Waals surface area contributed by atoms with E-state index in [4.69, 9.17) is 4.98 Å². The zero-order chi connectivity index (χ0) is 13.1. The Hall–Kier alpha value is -1.29. The van der Waals surface area contributed by atoms with Crippen LogP contribution in [0.25, 0.3) is 10.9 Å². The van der Waals surface area contributed by atoms with Gasteiger partial charge in [-0.1, -0.05) is 31.0 Å². The lowest BCUT2D eigenvalue weighted by atomic mass is 10.2. The Kier molecular flexibility index (Phi) is 3.87. The van der Waals surface area contributed by atoms with E-state index in [1.807, 2.05) is 17.8 Å². The van der Waals surface area contributed by atoms with Gasteiger partial charge in [0.1, 0.15) is 5.03 Å². The molecule has 2 aromatic rings. The Balaban J connectivity index is 1.98. The van der Waals surface area contributed by atoms with Crippen molar-refractivity contribution >= 4 is 28.6 Å². The summed E-state index contributed by atoms with van der Waals surface area (Å²) in [4.78, 5) is 9.26. The minimum atomic E-state index is 0.729. The topological polar surface area (TPSA) is 37.8 Å². The molecule has 1 saturated carbocycles. The van der Waals surface area contributed by atoms with Crippen molar-refractivity contribution in [3.05, 3.63) is 24.3 Å². The normalized spacial score (nSPS) is 16.1. The molecule has 1 aromatic heterocycles. The molecule has 0 aliphatic heterocycles. The summed E-state index contributed by atoms with van der Waals surface area (Å²) in [5, 5.41) is 6.27. The predicted octanol–water partition coefficient (Wildman–Crippen LogP) is 4.10. The number of nitrogens with one attached hydrogen (secondary N) is 1.